The summed E-state index contributed by atoms with van der Waals surface area (Å²) < 4.78 is 0. The number of carbonyl (C=O) groups excluding carboxylic acids is 1. The summed E-state index contributed by atoms with van der Waals surface area (Å²) in [4.78, 5) is 13.8. The highest BCUT2D eigenvalue weighted by molar-refractivity contribution is 5.83. The van der Waals surface area contributed by atoms with Crippen LogP contribution in [0.1, 0.15) is 12.0 Å². The summed E-state index contributed by atoms with van der Waals surface area (Å²) in [5.41, 5.74) is 7.36. The highest BCUT2D eigenvalue weighted by Gasteiger charge is 2.02. The van der Waals surface area contributed by atoms with Gasteiger partial charge < -0.3 is 10.7 Å². The first kappa shape index (κ1) is 8.81. The van der Waals surface area contributed by atoms with Gasteiger partial charge in [-0.2, -0.15) is 0 Å². The minimum Gasteiger partial charge on any atom is -0.370 e. The summed E-state index contributed by atoms with van der Waals surface area (Å²) in [5, 5.41) is 1.17. The van der Waals surface area contributed by atoms with Crippen LogP contribution in [0.3, 0.4) is 0 Å². The molecule has 1 heterocycles. The minimum atomic E-state index is -0.256. The van der Waals surface area contributed by atoms with E-state index in [1.165, 1.54) is 5.39 Å². The van der Waals surface area contributed by atoms with Gasteiger partial charge in [-0.15, -0.1) is 0 Å². The first-order valence-electron chi connectivity index (χ1n) is 4.60. The lowest BCUT2D eigenvalue weighted by Crippen LogP contribution is -2.11. The lowest BCUT2D eigenvalue weighted by Gasteiger charge is -2.00. The van der Waals surface area contributed by atoms with Gasteiger partial charge in [0.2, 0.25) is 5.91 Å². The highest BCUT2D eigenvalue weighted by atomic mass is 16.1. The van der Waals surface area contributed by atoms with Gasteiger partial charge in [-0.3, -0.25) is 4.79 Å². The molecular weight excluding hydrogens is 176 g/mol. The Hall–Kier alpha value is -1.77. The van der Waals surface area contributed by atoms with Crippen LogP contribution in [-0.4, -0.2) is 10.9 Å². The SMILES string of the molecule is NC(=O)CCc1cccc2cc[nH]c12. The third-order valence-corrected chi connectivity index (χ3v) is 2.31. The van der Waals surface area contributed by atoms with Gasteiger partial charge in [0.15, 0.2) is 0 Å². The Kier molecular flexibility index (Phi) is 2.23. The number of primary amides is 1. The molecule has 0 aliphatic rings. The molecule has 1 amide bonds. The van der Waals surface area contributed by atoms with Crippen molar-refractivity contribution >= 4 is 16.8 Å². The maximum absolute atomic E-state index is 10.7. The van der Waals surface area contributed by atoms with Crippen LogP contribution in [0.25, 0.3) is 10.9 Å². The average Bonchev–Trinajstić information content (AvgIpc) is 2.62. The fourth-order valence-electron chi connectivity index (χ4n) is 1.62. The molecule has 0 fully saturated rings. The Morgan fingerprint density at radius 1 is 1.36 bits per heavy atom. The van der Waals surface area contributed by atoms with E-state index in [-0.39, 0.29) is 5.91 Å². The van der Waals surface area contributed by atoms with Crippen LogP contribution in [0.4, 0.5) is 0 Å². The van der Waals surface area contributed by atoms with Crippen LogP contribution in [0.2, 0.25) is 0 Å². The van der Waals surface area contributed by atoms with E-state index in [2.05, 4.69) is 4.98 Å². The van der Waals surface area contributed by atoms with Gasteiger partial charge in [0.25, 0.3) is 0 Å². The zero-order chi connectivity index (χ0) is 9.97. The molecule has 0 atom stereocenters. The molecule has 0 aliphatic carbocycles. The summed E-state index contributed by atoms with van der Waals surface area (Å²) in [6.07, 6.45) is 3.00. The summed E-state index contributed by atoms with van der Waals surface area (Å²) in [5.74, 6) is -0.256. The number of benzene rings is 1. The standard InChI is InChI=1S/C11H12N2O/c12-10(14)5-4-8-2-1-3-9-6-7-13-11(8)9/h1-3,6-7,13H,4-5H2,(H2,12,14). The van der Waals surface area contributed by atoms with E-state index in [9.17, 15) is 4.79 Å². The van der Waals surface area contributed by atoms with Crippen LogP contribution in [0, 0.1) is 0 Å². The van der Waals surface area contributed by atoms with Crippen LogP contribution in [-0.2, 0) is 11.2 Å². The van der Waals surface area contributed by atoms with Crippen LogP contribution < -0.4 is 5.73 Å². The largest absolute Gasteiger partial charge is 0.370 e. The molecule has 2 aromatic rings. The van der Waals surface area contributed by atoms with E-state index >= 15 is 0 Å². The topological polar surface area (TPSA) is 58.9 Å². The molecule has 0 saturated carbocycles. The third-order valence-electron chi connectivity index (χ3n) is 2.31. The smallest absolute Gasteiger partial charge is 0.217 e. The molecule has 72 valence electrons. The van der Waals surface area contributed by atoms with Gasteiger partial charge >= 0.3 is 0 Å². The number of H-pyrrole nitrogens is 1. The molecule has 14 heavy (non-hydrogen) atoms. The normalized spacial score (nSPS) is 10.6. The van der Waals surface area contributed by atoms with Crippen LogP contribution >= 0.6 is 0 Å². The molecule has 0 bridgehead atoms. The number of hydrogen-bond acceptors (Lipinski definition) is 1. The first-order chi connectivity index (χ1) is 6.77. The van der Waals surface area contributed by atoms with Crippen LogP contribution in [0.5, 0.6) is 0 Å². The predicted molar refractivity (Wildman–Crippen MR) is 55.8 cm³/mol. The number of nitrogens with two attached hydrogens (primary N) is 1. The average molecular weight is 188 g/mol. The monoisotopic (exact) mass is 188 g/mol. The number of amides is 1. The first-order valence-corrected chi connectivity index (χ1v) is 4.60. The molecule has 0 radical (unpaired) electrons. The Bertz CT molecular complexity index is 459. The number of aromatic amines is 1. The minimum absolute atomic E-state index is 0.256. The van der Waals surface area contributed by atoms with Crippen molar-refractivity contribution in [2.75, 3.05) is 0 Å². The molecule has 0 aliphatic heterocycles. The molecule has 0 spiro atoms. The highest BCUT2D eigenvalue weighted by Crippen LogP contribution is 2.17. The molecular formula is C11H12N2O. The molecule has 1 aromatic carbocycles. The number of aromatic nitrogens is 1. The summed E-state index contributed by atoms with van der Waals surface area (Å²) in [6, 6.07) is 8.07. The third kappa shape index (κ3) is 1.62. The van der Waals surface area contributed by atoms with E-state index in [4.69, 9.17) is 5.73 Å². The van der Waals surface area contributed by atoms with Gasteiger partial charge in [0.05, 0.1) is 0 Å². The van der Waals surface area contributed by atoms with Crippen molar-refractivity contribution in [1.82, 2.24) is 4.98 Å². The quantitative estimate of drug-likeness (QED) is 0.754. The molecule has 3 N–H and O–H groups in total. The molecule has 0 saturated heterocycles. The number of fused-ring (bicyclic) bond motifs is 1. The number of nitrogens with one attached hydrogen (secondary N) is 1. The molecule has 3 nitrogen and oxygen atoms in total. The van der Waals surface area contributed by atoms with E-state index < -0.39 is 0 Å². The Balaban J connectivity index is 2.32. The van der Waals surface area contributed by atoms with Gasteiger partial charge in [-0.1, -0.05) is 18.2 Å². The van der Waals surface area contributed by atoms with Crippen molar-refractivity contribution in [3.8, 4) is 0 Å². The Labute approximate surface area is 81.9 Å². The van der Waals surface area contributed by atoms with Crippen molar-refractivity contribution < 1.29 is 4.79 Å². The molecule has 3 heteroatoms. The number of para-hydroxylation sites is 1. The van der Waals surface area contributed by atoms with Gasteiger partial charge in [-0.25, -0.2) is 0 Å². The number of aryl methyl sites for hydroxylation is 1. The fourth-order valence-corrected chi connectivity index (χ4v) is 1.62. The fraction of sp³-hybridized carbons (Fsp3) is 0.182. The van der Waals surface area contributed by atoms with E-state index in [0.29, 0.717) is 12.8 Å². The number of rotatable bonds is 3. The van der Waals surface area contributed by atoms with Gasteiger partial charge in [0.1, 0.15) is 0 Å². The molecule has 2 rings (SSSR count). The second-order valence-corrected chi connectivity index (χ2v) is 3.33. The Morgan fingerprint density at radius 3 is 3.00 bits per heavy atom. The lowest BCUT2D eigenvalue weighted by molar-refractivity contribution is -0.117. The van der Waals surface area contributed by atoms with Crippen molar-refractivity contribution in [3.63, 3.8) is 0 Å². The second-order valence-electron chi connectivity index (χ2n) is 3.33. The van der Waals surface area contributed by atoms with Crippen molar-refractivity contribution in [2.24, 2.45) is 5.73 Å². The summed E-state index contributed by atoms with van der Waals surface area (Å²) in [6.45, 7) is 0. The van der Waals surface area contributed by atoms with Crippen molar-refractivity contribution in [3.05, 3.63) is 36.0 Å². The van der Waals surface area contributed by atoms with Crippen molar-refractivity contribution in [2.45, 2.75) is 12.8 Å². The summed E-state index contributed by atoms with van der Waals surface area (Å²) >= 11 is 0. The maximum Gasteiger partial charge on any atom is 0.217 e. The number of carbonyl (C=O) groups is 1. The zero-order valence-corrected chi connectivity index (χ0v) is 7.79. The van der Waals surface area contributed by atoms with E-state index in [1.54, 1.807) is 0 Å². The maximum atomic E-state index is 10.7. The summed E-state index contributed by atoms with van der Waals surface area (Å²) in [7, 11) is 0. The second kappa shape index (κ2) is 3.54. The van der Waals surface area contributed by atoms with Crippen LogP contribution in [0.15, 0.2) is 30.5 Å². The van der Waals surface area contributed by atoms with Gasteiger partial charge in [0, 0.05) is 18.1 Å². The predicted octanol–water partition coefficient (Wildman–Crippen LogP) is 1.59. The van der Waals surface area contributed by atoms with E-state index in [0.717, 1.165) is 11.1 Å². The van der Waals surface area contributed by atoms with Gasteiger partial charge in [-0.05, 0) is 23.4 Å². The lowest BCUT2D eigenvalue weighted by atomic mass is 10.1. The van der Waals surface area contributed by atoms with E-state index in [1.807, 2.05) is 30.5 Å². The molecule has 1 aromatic heterocycles. The Morgan fingerprint density at radius 2 is 2.21 bits per heavy atom. The molecule has 0 unspecified atom stereocenters. The van der Waals surface area contributed by atoms with Crippen molar-refractivity contribution in [1.29, 1.82) is 0 Å². The zero-order valence-electron chi connectivity index (χ0n) is 7.79. The number of hydrogen-bond donors (Lipinski definition) is 2.